The van der Waals surface area contributed by atoms with Gasteiger partial charge in [-0.15, -0.1) is 0 Å². The Morgan fingerprint density at radius 1 is 0.268 bits per heavy atom. The van der Waals surface area contributed by atoms with Crippen LogP contribution >= 0.6 is 0 Å². The highest BCUT2D eigenvalue weighted by molar-refractivity contribution is 6.26. The Kier molecular flexibility index (Phi) is 8.40. The number of rotatable bonds is 5. The molecule has 15 rings (SSSR count). The molecule has 0 heterocycles. The summed E-state index contributed by atoms with van der Waals surface area (Å²) in [6.07, 6.45) is 0. The molecular formula is C70H47N. The number of fused-ring (bicyclic) bond motifs is 19. The van der Waals surface area contributed by atoms with Crippen molar-refractivity contribution in [3.8, 4) is 55.6 Å². The molecule has 332 valence electrons. The maximum Gasteiger partial charge on any atom is 0.0726 e. The highest BCUT2D eigenvalue weighted by Gasteiger charge is 2.52. The number of anilines is 3. The number of hydrogen-bond acceptors (Lipinski definition) is 1. The molecule has 1 spiro atoms. The smallest absolute Gasteiger partial charge is 0.0726 e. The molecule has 0 N–H and O–H groups in total. The average Bonchev–Trinajstić information content (AvgIpc) is 4.00. The normalized spacial score (nSPS) is 14.0. The zero-order valence-electron chi connectivity index (χ0n) is 39.6. The Hall–Kier alpha value is -8.78. The zero-order chi connectivity index (χ0) is 47.0. The maximum absolute atomic E-state index is 2.63. The summed E-state index contributed by atoms with van der Waals surface area (Å²) >= 11 is 0. The van der Waals surface area contributed by atoms with Gasteiger partial charge in [-0.05, 0) is 147 Å². The third-order valence-corrected chi connectivity index (χ3v) is 16.4. The quantitative estimate of drug-likeness (QED) is 0.156. The monoisotopic (exact) mass is 901 g/mol. The van der Waals surface area contributed by atoms with Crippen molar-refractivity contribution in [2.75, 3.05) is 4.90 Å². The van der Waals surface area contributed by atoms with Crippen LogP contribution in [0.15, 0.2) is 249 Å². The molecule has 71 heavy (non-hydrogen) atoms. The summed E-state index contributed by atoms with van der Waals surface area (Å²) in [7, 11) is 0. The highest BCUT2D eigenvalue weighted by atomic mass is 15.1. The van der Waals surface area contributed by atoms with E-state index >= 15 is 0 Å². The van der Waals surface area contributed by atoms with Crippen LogP contribution in [0.1, 0.15) is 47.2 Å². The van der Waals surface area contributed by atoms with Crippen LogP contribution in [0.4, 0.5) is 17.1 Å². The summed E-state index contributed by atoms with van der Waals surface area (Å²) in [6.45, 7) is 4.79. The van der Waals surface area contributed by atoms with E-state index in [-0.39, 0.29) is 5.41 Å². The fraction of sp³-hybridized carbons (Fsp3) is 0.0571. The highest BCUT2D eigenvalue weighted by Crippen LogP contribution is 2.65. The summed E-state index contributed by atoms with van der Waals surface area (Å²) in [5.74, 6) is 0. The topological polar surface area (TPSA) is 3.24 Å². The van der Waals surface area contributed by atoms with Crippen molar-refractivity contribution in [2.24, 2.45) is 0 Å². The SMILES string of the molecule is CC1(C)c2ccccc2-c2c(N(c3ccc4c5ccccc5c5ccccc5c4c3)c3cc4c(cc3-c3cccc(-c5ccccc5)c3)-c3ccccc3C43c4ccccc4-c4ccccc43)cccc21. The van der Waals surface area contributed by atoms with Gasteiger partial charge in [0.25, 0.3) is 0 Å². The lowest BCUT2D eigenvalue weighted by Crippen LogP contribution is -2.26. The second kappa shape index (κ2) is 14.9. The lowest BCUT2D eigenvalue weighted by molar-refractivity contribution is 0.660. The molecule has 0 atom stereocenters. The molecule has 3 aliphatic rings. The second-order valence-corrected chi connectivity index (χ2v) is 20.3. The summed E-state index contributed by atoms with van der Waals surface area (Å²) < 4.78 is 0. The van der Waals surface area contributed by atoms with Crippen molar-refractivity contribution in [3.63, 3.8) is 0 Å². The Morgan fingerprint density at radius 3 is 1.39 bits per heavy atom. The molecule has 0 bridgehead atoms. The summed E-state index contributed by atoms with van der Waals surface area (Å²) in [4.78, 5) is 2.63. The maximum atomic E-state index is 2.63. The predicted octanol–water partition coefficient (Wildman–Crippen LogP) is 18.6. The van der Waals surface area contributed by atoms with Crippen LogP contribution in [0.5, 0.6) is 0 Å². The third-order valence-electron chi connectivity index (χ3n) is 16.4. The van der Waals surface area contributed by atoms with Crippen molar-refractivity contribution in [1.29, 1.82) is 0 Å². The molecule has 0 saturated heterocycles. The Balaban J connectivity index is 1.11. The fourth-order valence-electron chi connectivity index (χ4n) is 13.4. The minimum Gasteiger partial charge on any atom is -0.309 e. The van der Waals surface area contributed by atoms with Gasteiger partial charge in [0.05, 0.1) is 16.8 Å². The summed E-state index contributed by atoms with van der Waals surface area (Å²) in [6, 6.07) is 94.0. The summed E-state index contributed by atoms with van der Waals surface area (Å²) in [5, 5.41) is 7.57. The van der Waals surface area contributed by atoms with Crippen molar-refractivity contribution >= 4 is 49.4 Å². The molecule has 12 aromatic rings. The Bertz CT molecular complexity index is 4130. The minimum absolute atomic E-state index is 0.195. The average molecular weight is 902 g/mol. The van der Waals surface area contributed by atoms with E-state index in [1.54, 1.807) is 0 Å². The van der Waals surface area contributed by atoms with Gasteiger partial charge in [-0.2, -0.15) is 0 Å². The Morgan fingerprint density at radius 2 is 0.746 bits per heavy atom. The van der Waals surface area contributed by atoms with Crippen LogP contribution in [0.2, 0.25) is 0 Å². The van der Waals surface area contributed by atoms with Gasteiger partial charge in [-0.25, -0.2) is 0 Å². The lowest BCUT2D eigenvalue weighted by Gasteiger charge is -2.34. The minimum atomic E-state index is -0.532. The van der Waals surface area contributed by atoms with E-state index < -0.39 is 5.41 Å². The number of benzene rings is 12. The van der Waals surface area contributed by atoms with E-state index in [0.717, 1.165) is 11.4 Å². The van der Waals surface area contributed by atoms with Gasteiger partial charge in [0.1, 0.15) is 0 Å². The van der Waals surface area contributed by atoms with E-state index in [1.807, 2.05) is 0 Å². The first-order chi connectivity index (χ1) is 35.0. The second-order valence-electron chi connectivity index (χ2n) is 20.3. The lowest BCUT2D eigenvalue weighted by atomic mass is 9.70. The van der Waals surface area contributed by atoms with Crippen LogP contribution in [0.25, 0.3) is 88.0 Å². The third kappa shape index (κ3) is 5.46. The van der Waals surface area contributed by atoms with Crippen LogP contribution in [0, 0.1) is 0 Å². The predicted molar refractivity (Wildman–Crippen MR) is 298 cm³/mol. The molecule has 0 saturated carbocycles. The van der Waals surface area contributed by atoms with Crippen LogP contribution < -0.4 is 4.90 Å². The number of hydrogen-bond donors (Lipinski definition) is 0. The van der Waals surface area contributed by atoms with E-state index in [4.69, 9.17) is 0 Å². The van der Waals surface area contributed by atoms with Crippen molar-refractivity contribution in [2.45, 2.75) is 24.7 Å². The molecule has 0 amide bonds. The number of nitrogens with zero attached hydrogens (tertiary/aromatic N) is 1. The standard InChI is InChI=1S/C70H47N/c1-69(2)60-32-14-13-31-56(60)68-64(69)36-19-37-66(68)71(47-38-39-52-50-26-7-6-24-48(50)49-25-8-9-27-51(49)58(52)41-47)67-43-65-59(42-57(67)46-23-18-22-45(40-46)44-20-4-3-5-21-44)55-30-12-17-35-63(55)70(65)61-33-15-10-28-53(61)54-29-11-16-34-62(54)70/h3-43H,1-2H3. The Labute approximate surface area is 414 Å². The van der Waals surface area contributed by atoms with Crippen molar-refractivity contribution < 1.29 is 0 Å². The van der Waals surface area contributed by atoms with E-state index in [2.05, 4.69) is 267 Å². The first-order valence-corrected chi connectivity index (χ1v) is 25.0. The molecule has 3 aliphatic carbocycles. The molecule has 0 aliphatic heterocycles. The first kappa shape index (κ1) is 40.1. The molecule has 12 aromatic carbocycles. The molecule has 1 nitrogen and oxygen atoms in total. The van der Waals surface area contributed by atoms with Gasteiger partial charge >= 0.3 is 0 Å². The molecule has 0 fully saturated rings. The van der Waals surface area contributed by atoms with E-state index in [0.29, 0.717) is 0 Å². The zero-order valence-corrected chi connectivity index (χ0v) is 39.6. The van der Waals surface area contributed by atoms with E-state index in [1.165, 1.54) is 127 Å². The summed E-state index contributed by atoms with van der Waals surface area (Å²) in [5.41, 5.74) is 23.2. The van der Waals surface area contributed by atoms with Gasteiger partial charge in [-0.3, -0.25) is 0 Å². The first-order valence-electron chi connectivity index (χ1n) is 25.0. The van der Waals surface area contributed by atoms with Crippen molar-refractivity contribution in [1.82, 2.24) is 0 Å². The molecule has 0 radical (unpaired) electrons. The van der Waals surface area contributed by atoms with E-state index in [9.17, 15) is 0 Å². The van der Waals surface area contributed by atoms with Crippen molar-refractivity contribution in [3.05, 3.63) is 282 Å². The molecular weight excluding hydrogens is 855 g/mol. The fourth-order valence-corrected chi connectivity index (χ4v) is 13.4. The molecule has 0 unspecified atom stereocenters. The van der Waals surface area contributed by atoms with Crippen LogP contribution in [-0.2, 0) is 10.8 Å². The molecule has 0 aromatic heterocycles. The van der Waals surface area contributed by atoms with Gasteiger partial charge in [0.15, 0.2) is 0 Å². The van der Waals surface area contributed by atoms with Crippen LogP contribution in [-0.4, -0.2) is 0 Å². The van der Waals surface area contributed by atoms with Gasteiger partial charge in [-0.1, -0.05) is 226 Å². The molecule has 1 heteroatoms. The van der Waals surface area contributed by atoms with Crippen LogP contribution in [0.3, 0.4) is 0 Å². The largest absolute Gasteiger partial charge is 0.309 e. The van der Waals surface area contributed by atoms with Gasteiger partial charge in [0.2, 0.25) is 0 Å². The van der Waals surface area contributed by atoms with Gasteiger partial charge in [0, 0.05) is 22.2 Å². The van der Waals surface area contributed by atoms with Gasteiger partial charge < -0.3 is 4.90 Å².